The molecular weight excluding hydrogens is 292 g/mol. The van der Waals surface area contributed by atoms with Gasteiger partial charge in [0.25, 0.3) is 0 Å². The Morgan fingerprint density at radius 1 is 1.29 bits per heavy atom. The molecule has 0 bridgehead atoms. The van der Waals surface area contributed by atoms with Crippen LogP contribution in [-0.4, -0.2) is 67.4 Å². The second-order valence-electron chi connectivity index (χ2n) is 4.81. The van der Waals surface area contributed by atoms with Crippen molar-refractivity contribution in [1.29, 1.82) is 0 Å². The van der Waals surface area contributed by atoms with E-state index in [4.69, 9.17) is 21.1 Å². The van der Waals surface area contributed by atoms with E-state index in [1.807, 2.05) is 0 Å². The first-order valence-electron chi connectivity index (χ1n) is 7.45. The predicted octanol–water partition coefficient (Wildman–Crippen LogP) is 1.69. The molecule has 0 saturated carbocycles. The molecule has 1 aromatic rings. The van der Waals surface area contributed by atoms with Crippen LogP contribution >= 0.6 is 11.6 Å². The molecule has 1 fully saturated rings. The van der Waals surface area contributed by atoms with Crippen LogP contribution in [0.3, 0.4) is 0 Å². The van der Waals surface area contributed by atoms with Gasteiger partial charge in [0, 0.05) is 38.8 Å². The number of ether oxygens (including phenoxy) is 2. The van der Waals surface area contributed by atoms with Gasteiger partial charge in [-0.1, -0.05) is 11.6 Å². The van der Waals surface area contributed by atoms with E-state index in [-0.39, 0.29) is 0 Å². The maximum Gasteiger partial charge on any atom is 0.319 e. The number of aromatic nitrogens is 2. The zero-order valence-corrected chi connectivity index (χ0v) is 13.5. The van der Waals surface area contributed by atoms with E-state index >= 15 is 0 Å². The maximum absolute atomic E-state index is 6.05. The summed E-state index contributed by atoms with van der Waals surface area (Å²) >= 11 is 6.05. The molecule has 1 aliphatic rings. The Hall–Kier alpha value is -1.11. The lowest BCUT2D eigenvalue weighted by Crippen LogP contribution is -2.38. The third-order valence-corrected chi connectivity index (χ3v) is 3.68. The molecule has 7 heteroatoms. The highest BCUT2D eigenvalue weighted by Gasteiger charge is 2.12. The second kappa shape index (κ2) is 8.36. The van der Waals surface area contributed by atoms with Crippen LogP contribution in [0, 0.1) is 0 Å². The first-order chi connectivity index (χ1) is 10.2. The minimum atomic E-state index is 0.345. The van der Waals surface area contributed by atoms with E-state index in [2.05, 4.69) is 33.6 Å². The molecule has 0 N–H and O–H groups in total. The van der Waals surface area contributed by atoms with Gasteiger partial charge in [0.05, 0.1) is 13.2 Å². The van der Waals surface area contributed by atoms with Crippen molar-refractivity contribution >= 4 is 17.4 Å². The summed E-state index contributed by atoms with van der Waals surface area (Å²) in [5.41, 5.74) is 0. The van der Waals surface area contributed by atoms with Crippen LogP contribution in [0.2, 0.25) is 5.15 Å². The highest BCUT2D eigenvalue weighted by atomic mass is 35.5. The van der Waals surface area contributed by atoms with Gasteiger partial charge in [-0.2, -0.15) is 9.97 Å². The van der Waals surface area contributed by atoms with E-state index in [0.29, 0.717) is 17.8 Å². The third-order valence-electron chi connectivity index (χ3n) is 3.49. The van der Waals surface area contributed by atoms with Gasteiger partial charge in [0.1, 0.15) is 17.6 Å². The topological polar surface area (TPSA) is 50.7 Å². The van der Waals surface area contributed by atoms with Crippen LogP contribution in [0.4, 0.5) is 5.82 Å². The van der Waals surface area contributed by atoms with Gasteiger partial charge in [-0.05, 0) is 13.8 Å². The van der Waals surface area contributed by atoms with Gasteiger partial charge in [0.15, 0.2) is 0 Å². The zero-order chi connectivity index (χ0) is 15.1. The van der Waals surface area contributed by atoms with Gasteiger partial charge >= 0.3 is 6.01 Å². The van der Waals surface area contributed by atoms with E-state index in [1.165, 1.54) is 0 Å². The summed E-state index contributed by atoms with van der Waals surface area (Å²) in [7, 11) is 0. The fraction of sp³-hybridized carbons (Fsp3) is 0.714. The third kappa shape index (κ3) is 4.98. The molecule has 2 rings (SSSR count). The van der Waals surface area contributed by atoms with Crippen LogP contribution in [0.25, 0.3) is 0 Å². The summed E-state index contributed by atoms with van der Waals surface area (Å²) in [4.78, 5) is 13.0. The lowest BCUT2D eigenvalue weighted by Gasteiger charge is -2.26. The van der Waals surface area contributed by atoms with Gasteiger partial charge < -0.3 is 14.4 Å². The second-order valence-corrected chi connectivity index (χ2v) is 5.19. The molecule has 1 aliphatic heterocycles. The Morgan fingerprint density at radius 2 is 2.00 bits per heavy atom. The molecule has 2 heterocycles. The predicted molar refractivity (Wildman–Crippen MR) is 83.4 cm³/mol. The molecule has 1 aromatic heterocycles. The van der Waals surface area contributed by atoms with Gasteiger partial charge in [0.2, 0.25) is 0 Å². The van der Waals surface area contributed by atoms with E-state index < -0.39 is 0 Å². The molecule has 0 aromatic carbocycles. The van der Waals surface area contributed by atoms with Gasteiger partial charge in [-0.15, -0.1) is 0 Å². The van der Waals surface area contributed by atoms with Crippen LogP contribution < -0.4 is 9.64 Å². The standard InChI is InChI=1S/C14H23ClN4O2/c1-3-19(4-2)13-11-12(15)16-14(17-13)21-10-7-18-5-8-20-9-6-18/h11H,3-10H2,1-2H3. The summed E-state index contributed by atoms with van der Waals surface area (Å²) in [6.45, 7) is 10.8. The van der Waals surface area contributed by atoms with Crippen molar-refractivity contribution in [2.75, 3.05) is 57.4 Å². The van der Waals surface area contributed by atoms with E-state index in [9.17, 15) is 0 Å². The fourth-order valence-electron chi connectivity index (χ4n) is 2.25. The fourth-order valence-corrected chi connectivity index (χ4v) is 2.42. The molecule has 118 valence electrons. The molecule has 0 unspecified atom stereocenters. The first kappa shape index (κ1) is 16.3. The summed E-state index contributed by atoms with van der Waals surface area (Å²) < 4.78 is 11.0. The summed E-state index contributed by atoms with van der Waals surface area (Å²) in [5, 5.41) is 0.410. The number of halogens is 1. The molecule has 0 radical (unpaired) electrons. The van der Waals surface area contributed by atoms with Crippen molar-refractivity contribution < 1.29 is 9.47 Å². The number of nitrogens with zero attached hydrogens (tertiary/aromatic N) is 4. The normalized spacial score (nSPS) is 16.0. The van der Waals surface area contributed by atoms with Crippen LogP contribution in [0.5, 0.6) is 6.01 Å². The maximum atomic E-state index is 6.05. The summed E-state index contributed by atoms with van der Waals surface area (Å²) in [5.74, 6) is 0.807. The Morgan fingerprint density at radius 3 is 2.67 bits per heavy atom. The molecule has 0 atom stereocenters. The van der Waals surface area contributed by atoms with Crippen molar-refractivity contribution in [3.8, 4) is 6.01 Å². The average Bonchev–Trinajstić information content (AvgIpc) is 2.49. The summed E-state index contributed by atoms with van der Waals surface area (Å²) in [6, 6.07) is 2.11. The highest BCUT2D eigenvalue weighted by molar-refractivity contribution is 6.29. The molecular formula is C14H23ClN4O2. The monoisotopic (exact) mass is 314 g/mol. The minimum Gasteiger partial charge on any atom is -0.462 e. The molecule has 6 nitrogen and oxygen atoms in total. The quantitative estimate of drug-likeness (QED) is 0.714. The van der Waals surface area contributed by atoms with E-state index in [0.717, 1.165) is 51.8 Å². The first-order valence-corrected chi connectivity index (χ1v) is 7.83. The Bertz CT molecular complexity index is 437. The lowest BCUT2D eigenvalue weighted by molar-refractivity contribution is 0.0317. The number of morpholine rings is 1. The Kier molecular flexibility index (Phi) is 6.48. The van der Waals surface area contributed by atoms with Crippen molar-refractivity contribution in [3.05, 3.63) is 11.2 Å². The number of hydrogen-bond donors (Lipinski definition) is 0. The van der Waals surface area contributed by atoms with Crippen LogP contribution in [0.15, 0.2) is 6.07 Å². The van der Waals surface area contributed by atoms with Crippen molar-refractivity contribution in [2.45, 2.75) is 13.8 Å². The summed E-state index contributed by atoms with van der Waals surface area (Å²) in [6.07, 6.45) is 0. The van der Waals surface area contributed by atoms with Gasteiger partial charge in [-0.25, -0.2) is 0 Å². The molecule has 0 aliphatic carbocycles. The van der Waals surface area contributed by atoms with Crippen molar-refractivity contribution in [2.24, 2.45) is 0 Å². The number of rotatable bonds is 7. The van der Waals surface area contributed by atoms with Crippen molar-refractivity contribution in [1.82, 2.24) is 14.9 Å². The average molecular weight is 315 g/mol. The molecule has 0 amide bonds. The minimum absolute atomic E-state index is 0.345. The highest BCUT2D eigenvalue weighted by Crippen LogP contribution is 2.19. The molecule has 21 heavy (non-hydrogen) atoms. The van der Waals surface area contributed by atoms with Crippen LogP contribution in [0.1, 0.15) is 13.8 Å². The number of anilines is 1. The van der Waals surface area contributed by atoms with Crippen molar-refractivity contribution in [3.63, 3.8) is 0 Å². The Balaban J connectivity index is 1.90. The largest absolute Gasteiger partial charge is 0.462 e. The van der Waals surface area contributed by atoms with E-state index in [1.54, 1.807) is 6.07 Å². The van der Waals surface area contributed by atoms with Crippen LogP contribution in [-0.2, 0) is 4.74 Å². The molecule has 1 saturated heterocycles. The lowest BCUT2D eigenvalue weighted by atomic mass is 10.4. The SMILES string of the molecule is CCN(CC)c1cc(Cl)nc(OCCN2CCOCC2)n1. The number of hydrogen-bond acceptors (Lipinski definition) is 6. The van der Waals surface area contributed by atoms with Gasteiger partial charge in [-0.3, -0.25) is 4.90 Å². The molecule has 0 spiro atoms. The smallest absolute Gasteiger partial charge is 0.319 e. The Labute approximate surface area is 131 Å². The zero-order valence-electron chi connectivity index (χ0n) is 12.7.